The Bertz CT molecular complexity index is 1420. The van der Waals surface area contributed by atoms with Crippen LogP contribution in [0.4, 0.5) is 0 Å². The monoisotopic (exact) mass is 620 g/mol. The summed E-state index contributed by atoms with van der Waals surface area (Å²) in [5, 5.41) is 8.43. The number of thioether (sulfide) groups is 1. The Labute approximate surface area is 261 Å². The Kier molecular flexibility index (Phi) is 7.86. The summed E-state index contributed by atoms with van der Waals surface area (Å²) in [6.07, 6.45) is 11.3. The predicted molar refractivity (Wildman–Crippen MR) is 165 cm³/mol. The molecule has 10 heteroatoms. The van der Waals surface area contributed by atoms with Crippen LogP contribution in [0, 0.1) is 29.1 Å². The summed E-state index contributed by atoms with van der Waals surface area (Å²) in [5.74, 6) is 2.80. The number of hydrogen-bond acceptors (Lipinski definition) is 7. The quantitative estimate of drug-likeness (QED) is 0.270. The fourth-order valence-electron chi connectivity index (χ4n) is 8.93. The van der Waals surface area contributed by atoms with E-state index in [1.54, 1.807) is 34.1 Å². The largest absolute Gasteiger partial charge is 0.349 e. The first-order valence-electron chi connectivity index (χ1n) is 15.9. The van der Waals surface area contributed by atoms with E-state index in [0.717, 1.165) is 45.3 Å². The van der Waals surface area contributed by atoms with Gasteiger partial charge in [-0.2, -0.15) is 0 Å². The number of nitrogens with zero attached hydrogens (tertiary/aromatic N) is 2. The summed E-state index contributed by atoms with van der Waals surface area (Å²) in [5.41, 5.74) is 3.00. The van der Waals surface area contributed by atoms with Gasteiger partial charge in [0.15, 0.2) is 0 Å². The van der Waals surface area contributed by atoms with Crippen molar-refractivity contribution in [3.63, 3.8) is 0 Å². The third-order valence-corrected chi connectivity index (χ3v) is 12.7. The number of nitrogens with one attached hydrogen (secondary N) is 2. The number of rotatable bonds is 10. The van der Waals surface area contributed by atoms with Gasteiger partial charge in [0.2, 0.25) is 17.7 Å². The molecule has 4 aliphatic carbocycles. The first-order valence-corrected chi connectivity index (χ1v) is 17.7. The van der Waals surface area contributed by atoms with E-state index >= 15 is 0 Å². The zero-order valence-corrected chi connectivity index (χ0v) is 26.4. The lowest BCUT2D eigenvalue weighted by atomic mass is 9.48. The summed E-state index contributed by atoms with van der Waals surface area (Å²) < 4.78 is 0. The molecule has 4 bridgehead atoms. The molecule has 2 atom stereocenters. The van der Waals surface area contributed by atoms with Gasteiger partial charge in [-0.05, 0) is 98.7 Å². The smallest absolute Gasteiger partial charge is 0.255 e. The van der Waals surface area contributed by atoms with Crippen molar-refractivity contribution in [2.45, 2.75) is 101 Å². The molecule has 5 fully saturated rings. The van der Waals surface area contributed by atoms with Crippen molar-refractivity contribution >= 4 is 46.7 Å². The topological polar surface area (TPSA) is 108 Å². The van der Waals surface area contributed by atoms with Crippen LogP contribution in [0.3, 0.4) is 0 Å². The van der Waals surface area contributed by atoms with Gasteiger partial charge in [-0.1, -0.05) is 13.0 Å². The summed E-state index contributed by atoms with van der Waals surface area (Å²) in [6, 6.07) is 5.07. The Morgan fingerprint density at radius 2 is 1.91 bits per heavy atom. The van der Waals surface area contributed by atoms with Crippen LogP contribution in [-0.2, 0) is 33.2 Å². The second kappa shape index (κ2) is 11.7. The molecular formula is C33H40N4O4S2. The zero-order valence-electron chi connectivity index (χ0n) is 24.7. The first kappa shape index (κ1) is 29.0. The third kappa shape index (κ3) is 5.89. The molecular weight excluding hydrogens is 581 g/mol. The standard InChI is InChI=1S/C33H40N4O4S2/c1-19(7-8-33-12-20-9-21(13-33)11-22(10-20)14-33)30(39)34-15-29-35-23(18-43-29)17-42-27-4-2-3-24-25(27)16-37(32(24)41)26-5-6-28(38)36-31(26)40/h2-4,18-22,26H,5-17H2,1H3,(H,34,39)(H,36,38,40). The molecule has 228 valence electrons. The van der Waals surface area contributed by atoms with Crippen LogP contribution in [0.2, 0.25) is 0 Å². The molecule has 4 amide bonds. The first-order chi connectivity index (χ1) is 20.7. The highest BCUT2D eigenvalue weighted by Crippen LogP contribution is 2.61. The molecule has 2 N–H and O–H groups in total. The molecule has 2 aromatic rings. The minimum atomic E-state index is -0.619. The molecule has 2 aliphatic heterocycles. The average molecular weight is 621 g/mol. The summed E-state index contributed by atoms with van der Waals surface area (Å²) in [4.78, 5) is 57.4. The van der Waals surface area contributed by atoms with Gasteiger partial charge in [-0.3, -0.25) is 24.5 Å². The van der Waals surface area contributed by atoms with Crippen LogP contribution in [0.15, 0.2) is 28.5 Å². The number of carbonyl (C=O) groups is 4. The number of carbonyl (C=O) groups excluding carboxylic acids is 4. The van der Waals surface area contributed by atoms with E-state index < -0.39 is 11.9 Å². The minimum absolute atomic E-state index is 0.0191. The Morgan fingerprint density at radius 1 is 1.16 bits per heavy atom. The van der Waals surface area contributed by atoms with Crippen molar-refractivity contribution in [3.05, 3.63) is 45.4 Å². The molecule has 43 heavy (non-hydrogen) atoms. The van der Waals surface area contributed by atoms with Gasteiger partial charge in [0.05, 0.1) is 12.2 Å². The van der Waals surface area contributed by atoms with Gasteiger partial charge in [0.25, 0.3) is 5.91 Å². The minimum Gasteiger partial charge on any atom is -0.349 e. The molecule has 4 saturated carbocycles. The number of aromatic nitrogens is 1. The van der Waals surface area contributed by atoms with Crippen molar-refractivity contribution in [1.29, 1.82) is 0 Å². The SMILES string of the molecule is CC(CCC12CC3CC(CC(C3)C1)C2)C(=O)NCc1nc(CSc2cccc3c2CN(C2CCC(=O)NC2=O)C3=O)cs1. The molecule has 8 rings (SSSR count). The molecule has 0 spiro atoms. The van der Waals surface area contributed by atoms with Crippen LogP contribution in [0.1, 0.15) is 97.8 Å². The van der Waals surface area contributed by atoms with Crippen molar-refractivity contribution in [2.75, 3.05) is 0 Å². The average Bonchev–Trinajstić information content (AvgIpc) is 3.57. The van der Waals surface area contributed by atoms with E-state index in [1.165, 1.54) is 44.9 Å². The fraction of sp³-hybridized carbons (Fsp3) is 0.606. The van der Waals surface area contributed by atoms with E-state index in [9.17, 15) is 19.2 Å². The Morgan fingerprint density at radius 3 is 2.63 bits per heavy atom. The predicted octanol–water partition coefficient (Wildman–Crippen LogP) is 5.45. The second-order valence-corrected chi connectivity index (χ2v) is 15.7. The highest BCUT2D eigenvalue weighted by Gasteiger charge is 2.50. The van der Waals surface area contributed by atoms with Gasteiger partial charge in [0.1, 0.15) is 11.0 Å². The number of amides is 4. The van der Waals surface area contributed by atoms with Crippen LogP contribution in [0.5, 0.6) is 0 Å². The van der Waals surface area contributed by atoms with E-state index in [2.05, 4.69) is 17.6 Å². The van der Waals surface area contributed by atoms with Gasteiger partial charge in [0, 0.05) is 40.5 Å². The highest BCUT2D eigenvalue weighted by molar-refractivity contribution is 7.98. The number of piperidine rings is 1. The van der Waals surface area contributed by atoms with Crippen LogP contribution < -0.4 is 10.6 Å². The van der Waals surface area contributed by atoms with Crippen molar-refractivity contribution < 1.29 is 19.2 Å². The third-order valence-electron chi connectivity index (χ3n) is 10.6. The van der Waals surface area contributed by atoms with E-state index in [1.807, 2.05) is 17.5 Å². The Hall–Kier alpha value is -2.72. The molecule has 1 saturated heterocycles. The lowest BCUT2D eigenvalue weighted by Crippen LogP contribution is -2.52. The molecule has 8 nitrogen and oxygen atoms in total. The van der Waals surface area contributed by atoms with Crippen LogP contribution >= 0.6 is 23.1 Å². The summed E-state index contributed by atoms with van der Waals surface area (Å²) in [7, 11) is 0. The maximum Gasteiger partial charge on any atom is 0.255 e. The van der Waals surface area contributed by atoms with E-state index in [-0.39, 0.29) is 30.1 Å². The normalized spacial score (nSPS) is 30.0. The lowest BCUT2D eigenvalue weighted by molar-refractivity contribution is -0.137. The molecule has 1 aromatic heterocycles. The Balaban J connectivity index is 0.895. The van der Waals surface area contributed by atoms with Crippen molar-refractivity contribution in [1.82, 2.24) is 20.5 Å². The maximum absolute atomic E-state index is 13.1. The van der Waals surface area contributed by atoms with E-state index in [0.29, 0.717) is 36.2 Å². The van der Waals surface area contributed by atoms with Gasteiger partial charge in [-0.15, -0.1) is 23.1 Å². The van der Waals surface area contributed by atoms with Crippen LogP contribution in [0.25, 0.3) is 0 Å². The molecule has 3 heterocycles. The van der Waals surface area contributed by atoms with Crippen molar-refractivity contribution in [2.24, 2.45) is 29.1 Å². The number of thiazole rings is 1. The number of imide groups is 1. The molecule has 0 radical (unpaired) electrons. The number of hydrogen-bond donors (Lipinski definition) is 2. The molecule has 6 aliphatic rings. The maximum atomic E-state index is 13.1. The van der Waals surface area contributed by atoms with Crippen molar-refractivity contribution in [3.8, 4) is 0 Å². The number of fused-ring (bicyclic) bond motifs is 1. The number of benzene rings is 1. The zero-order chi connectivity index (χ0) is 29.7. The second-order valence-electron chi connectivity index (χ2n) is 13.8. The van der Waals surface area contributed by atoms with Gasteiger partial charge in [-0.25, -0.2) is 4.98 Å². The molecule has 2 unspecified atom stereocenters. The van der Waals surface area contributed by atoms with Gasteiger partial charge >= 0.3 is 0 Å². The highest BCUT2D eigenvalue weighted by atomic mass is 32.2. The lowest BCUT2D eigenvalue weighted by Gasteiger charge is -2.57. The van der Waals surface area contributed by atoms with Gasteiger partial charge < -0.3 is 10.2 Å². The summed E-state index contributed by atoms with van der Waals surface area (Å²) in [6.45, 7) is 2.88. The van der Waals surface area contributed by atoms with E-state index in [4.69, 9.17) is 4.98 Å². The van der Waals surface area contributed by atoms with Crippen LogP contribution in [-0.4, -0.2) is 39.6 Å². The summed E-state index contributed by atoms with van der Waals surface area (Å²) >= 11 is 3.19. The molecule has 1 aromatic carbocycles. The fourth-order valence-corrected chi connectivity index (χ4v) is 10.7.